The average Bonchev–Trinajstić information content (AvgIpc) is 2.65. The second-order valence-corrected chi connectivity index (χ2v) is 3.52. The zero-order valence-corrected chi connectivity index (χ0v) is 8.51. The molecule has 0 aliphatic carbocycles. The number of halogens is 2. The highest BCUT2D eigenvalue weighted by atomic mass is 35.5. The minimum Gasteiger partial charge on any atom is -0.506 e. The molecule has 0 fully saturated rings. The van der Waals surface area contributed by atoms with E-state index in [0.29, 0.717) is 16.3 Å². The van der Waals surface area contributed by atoms with E-state index in [4.69, 9.17) is 27.6 Å². The number of phenolic OH excluding ortho intramolecular Hbond substituents is 1. The predicted molar refractivity (Wildman–Crippen MR) is 55.8 cm³/mol. The molecule has 2 aromatic rings. The van der Waals surface area contributed by atoms with Gasteiger partial charge >= 0.3 is 0 Å². The van der Waals surface area contributed by atoms with Gasteiger partial charge in [0.15, 0.2) is 0 Å². The van der Waals surface area contributed by atoms with Gasteiger partial charge in [-0.1, -0.05) is 23.2 Å². The highest BCUT2D eigenvalue weighted by Gasteiger charge is 2.13. The first-order valence-electron chi connectivity index (χ1n) is 3.91. The van der Waals surface area contributed by atoms with Crippen molar-refractivity contribution in [2.24, 2.45) is 0 Å². The Bertz CT molecular complexity index is 449. The number of aromatic hydroxyl groups is 1. The van der Waals surface area contributed by atoms with E-state index in [1.165, 1.54) is 12.3 Å². The monoisotopic (exact) mass is 228 g/mol. The molecular weight excluding hydrogens is 223 g/mol. The van der Waals surface area contributed by atoms with Crippen molar-refractivity contribution in [1.29, 1.82) is 0 Å². The summed E-state index contributed by atoms with van der Waals surface area (Å²) in [5.41, 5.74) is 0.512. The summed E-state index contributed by atoms with van der Waals surface area (Å²) < 4.78 is 5.16. The number of hydrogen-bond donors (Lipinski definition) is 1. The van der Waals surface area contributed by atoms with Crippen molar-refractivity contribution in [3.63, 3.8) is 0 Å². The van der Waals surface area contributed by atoms with Gasteiger partial charge in [-0.15, -0.1) is 0 Å². The number of hydrogen-bond acceptors (Lipinski definition) is 2. The third-order valence-electron chi connectivity index (χ3n) is 1.84. The Morgan fingerprint density at radius 1 is 1.14 bits per heavy atom. The first kappa shape index (κ1) is 9.44. The molecule has 0 unspecified atom stereocenters. The Hall–Kier alpha value is -1.12. The standard InChI is InChI=1S/C10H6Cl2O2/c11-6-3-4-7(13)10(12)9(6)8-2-1-5-14-8/h1-5,13H. The van der Waals surface area contributed by atoms with Crippen LogP contribution in [-0.2, 0) is 0 Å². The van der Waals surface area contributed by atoms with Crippen LogP contribution in [0.25, 0.3) is 11.3 Å². The molecule has 0 spiro atoms. The zero-order valence-electron chi connectivity index (χ0n) is 7.00. The Morgan fingerprint density at radius 2 is 1.93 bits per heavy atom. The molecule has 72 valence electrons. The van der Waals surface area contributed by atoms with Crippen LogP contribution in [-0.4, -0.2) is 5.11 Å². The van der Waals surface area contributed by atoms with Crippen LogP contribution in [0.3, 0.4) is 0 Å². The molecule has 0 bridgehead atoms. The highest BCUT2D eigenvalue weighted by Crippen LogP contribution is 2.39. The molecule has 14 heavy (non-hydrogen) atoms. The largest absolute Gasteiger partial charge is 0.506 e. The maximum Gasteiger partial charge on any atom is 0.136 e. The third kappa shape index (κ3) is 1.47. The number of benzene rings is 1. The summed E-state index contributed by atoms with van der Waals surface area (Å²) in [4.78, 5) is 0. The molecule has 0 saturated heterocycles. The maximum absolute atomic E-state index is 9.39. The van der Waals surface area contributed by atoms with Gasteiger partial charge in [-0.3, -0.25) is 0 Å². The molecule has 0 amide bonds. The fourth-order valence-corrected chi connectivity index (χ4v) is 1.75. The molecule has 0 aliphatic rings. The zero-order chi connectivity index (χ0) is 10.1. The Kier molecular flexibility index (Phi) is 2.40. The van der Waals surface area contributed by atoms with Crippen molar-refractivity contribution in [3.8, 4) is 17.1 Å². The molecule has 0 atom stereocenters. The van der Waals surface area contributed by atoms with Crippen LogP contribution in [0.2, 0.25) is 10.0 Å². The fourth-order valence-electron chi connectivity index (χ4n) is 1.19. The van der Waals surface area contributed by atoms with Crippen LogP contribution in [0.4, 0.5) is 0 Å². The summed E-state index contributed by atoms with van der Waals surface area (Å²) in [6.07, 6.45) is 1.52. The Morgan fingerprint density at radius 3 is 2.57 bits per heavy atom. The van der Waals surface area contributed by atoms with Crippen LogP contribution in [0, 0.1) is 0 Å². The molecule has 1 heterocycles. The highest BCUT2D eigenvalue weighted by molar-refractivity contribution is 6.39. The predicted octanol–water partition coefficient (Wildman–Crippen LogP) is 3.96. The average molecular weight is 229 g/mol. The van der Waals surface area contributed by atoms with Gasteiger partial charge in [0.25, 0.3) is 0 Å². The molecule has 1 N–H and O–H groups in total. The minimum absolute atomic E-state index is 0.0116. The molecule has 2 nitrogen and oxygen atoms in total. The molecule has 0 saturated carbocycles. The third-order valence-corrected chi connectivity index (χ3v) is 2.54. The Labute approximate surface area is 90.7 Å². The second-order valence-electron chi connectivity index (χ2n) is 2.73. The molecular formula is C10H6Cl2O2. The smallest absolute Gasteiger partial charge is 0.136 e. The van der Waals surface area contributed by atoms with E-state index in [1.54, 1.807) is 18.2 Å². The second kappa shape index (κ2) is 3.56. The van der Waals surface area contributed by atoms with E-state index in [-0.39, 0.29) is 10.8 Å². The van der Waals surface area contributed by atoms with Crippen LogP contribution in [0.1, 0.15) is 0 Å². The van der Waals surface area contributed by atoms with Crippen molar-refractivity contribution in [3.05, 3.63) is 40.6 Å². The van der Waals surface area contributed by atoms with Gasteiger partial charge < -0.3 is 9.52 Å². The quantitative estimate of drug-likeness (QED) is 0.802. The van der Waals surface area contributed by atoms with Gasteiger partial charge in [-0.2, -0.15) is 0 Å². The summed E-state index contributed by atoms with van der Waals surface area (Å²) in [5, 5.41) is 10.0. The Balaban J connectivity index is 2.69. The van der Waals surface area contributed by atoms with Crippen molar-refractivity contribution in [2.45, 2.75) is 0 Å². The molecule has 4 heteroatoms. The van der Waals surface area contributed by atoms with Gasteiger partial charge in [0.1, 0.15) is 11.5 Å². The van der Waals surface area contributed by atoms with Crippen molar-refractivity contribution >= 4 is 23.2 Å². The number of phenols is 1. The van der Waals surface area contributed by atoms with E-state index in [9.17, 15) is 5.11 Å². The first-order valence-corrected chi connectivity index (χ1v) is 4.66. The summed E-state index contributed by atoms with van der Waals surface area (Å²) >= 11 is 11.8. The molecule has 1 aromatic carbocycles. The lowest BCUT2D eigenvalue weighted by atomic mass is 10.1. The molecule has 0 aliphatic heterocycles. The lowest BCUT2D eigenvalue weighted by Gasteiger charge is -2.04. The maximum atomic E-state index is 9.39. The summed E-state index contributed by atoms with van der Waals surface area (Å²) in [6.45, 7) is 0. The summed E-state index contributed by atoms with van der Waals surface area (Å²) in [6, 6.07) is 6.47. The van der Waals surface area contributed by atoms with E-state index in [1.807, 2.05) is 0 Å². The first-order chi connectivity index (χ1) is 6.70. The van der Waals surface area contributed by atoms with Gasteiger partial charge in [0, 0.05) is 0 Å². The van der Waals surface area contributed by atoms with Crippen molar-refractivity contribution in [2.75, 3.05) is 0 Å². The van der Waals surface area contributed by atoms with E-state index in [0.717, 1.165) is 0 Å². The van der Waals surface area contributed by atoms with E-state index >= 15 is 0 Å². The van der Waals surface area contributed by atoms with E-state index in [2.05, 4.69) is 0 Å². The van der Waals surface area contributed by atoms with Crippen LogP contribution in [0.15, 0.2) is 34.9 Å². The van der Waals surface area contributed by atoms with Gasteiger partial charge in [-0.05, 0) is 24.3 Å². The van der Waals surface area contributed by atoms with Crippen LogP contribution >= 0.6 is 23.2 Å². The fraction of sp³-hybridized carbons (Fsp3) is 0. The van der Waals surface area contributed by atoms with Crippen LogP contribution in [0.5, 0.6) is 5.75 Å². The number of rotatable bonds is 1. The molecule has 2 rings (SSSR count). The summed E-state index contributed by atoms with van der Waals surface area (Å²) in [7, 11) is 0. The van der Waals surface area contributed by atoms with Gasteiger partial charge in [0.05, 0.1) is 21.9 Å². The van der Waals surface area contributed by atoms with Crippen molar-refractivity contribution < 1.29 is 9.52 Å². The molecule has 0 radical (unpaired) electrons. The van der Waals surface area contributed by atoms with Crippen molar-refractivity contribution in [1.82, 2.24) is 0 Å². The van der Waals surface area contributed by atoms with Gasteiger partial charge in [0.2, 0.25) is 0 Å². The number of furan rings is 1. The lowest BCUT2D eigenvalue weighted by molar-refractivity contribution is 0.475. The van der Waals surface area contributed by atoms with E-state index < -0.39 is 0 Å². The van der Waals surface area contributed by atoms with Gasteiger partial charge in [-0.25, -0.2) is 0 Å². The minimum atomic E-state index is -0.0116. The normalized spacial score (nSPS) is 10.4. The lowest BCUT2D eigenvalue weighted by Crippen LogP contribution is -1.79. The summed E-state index contributed by atoms with van der Waals surface area (Å²) in [5.74, 6) is 0.526. The van der Waals surface area contributed by atoms with Crippen LogP contribution < -0.4 is 0 Å². The molecule has 1 aromatic heterocycles. The topological polar surface area (TPSA) is 33.4 Å². The SMILES string of the molecule is Oc1ccc(Cl)c(-c2ccco2)c1Cl.